The first-order valence-corrected chi connectivity index (χ1v) is 7.48. The first-order valence-electron chi connectivity index (χ1n) is 7.48. The summed E-state index contributed by atoms with van der Waals surface area (Å²) in [5, 5.41) is 14.5. The largest absolute Gasteiger partial charge is 0.338 e. The predicted molar refractivity (Wildman–Crippen MR) is 93.5 cm³/mol. The Morgan fingerprint density at radius 2 is 1.57 bits per heavy atom. The van der Waals surface area contributed by atoms with Gasteiger partial charge in [0.25, 0.3) is 0 Å². The lowest BCUT2D eigenvalue weighted by atomic mass is 10.1. The molecule has 0 unspecified atom stereocenters. The van der Waals surface area contributed by atoms with Crippen molar-refractivity contribution in [3.63, 3.8) is 0 Å². The molecule has 0 amide bonds. The first kappa shape index (κ1) is 15.0. The molecule has 0 radical (unpaired) electrons. The molecule has 0 saturated heterocycles. The molecule has 0 spiro atoms. The average Bonchev–Trinajstić information content (AvgIpc) is 2.52. The number of benzene rings is 2. The van der Waals surface area contributed by atoms with Gasteiger partial charge in [-0.05, 0) is 44.0 Å². The van der Waals surface area contributed by atoms with Crippen LogP contribution >= 0.6 is 0 Å². The standard InChI is InChI=1S/C18H19N5/c1-12-9-13(2)17(14(3)10-12)21-16-11-19-23-18(22-16)20-15-7-5-4-6-8-15/h4-11H,1-3H3,(H2,20,21,22,23). The van der Waals surface area contributed by atoms with E-state index < -0.39 is 0 Å². The SMILES string of the molecule is Cc1cc(C)c(Nc2cnnc(Nc3ccccc3)n2)c(C)c1. The van der Waals surface area contributed by atoms with Crippen LogP contribution < -0.4 is 10.6 Å². The van der Waals surface area contributed by atoms with Crippen molar-refractivity contribution in [3.8, 4) is 0 Å². The molecule has 3 rings (SSSR count). The Morgan fingerprint density at radius 1 is 0.870 bits per heavy atom. The summed E-state index contributed by atoms with van der Waals surface area (Å²) in [5.41, 5.74) is 5.59. The van der Waals surface area contributed by atoms with Crippen molar-refractivity contribution in [2.45, 2.75) is 20.8 Å². The molecule has 0 atom stereocenters. The third-order valence-electron chi connectivity index (χ3n) is 3.52. The Bertz CT molecular complexity index is 792. The summed E-state index contributed by atoms with van der Waals surface area (Å²) >= 11 is 0. The highest BCUT2D eigenvalue weighted by atomic mass is 15.3. The summed E-state index contributed by atoms with van der Waals surface area (Å²) in [5.74, 6) is 1.12. The molecule has 0 aliphatic carbocycles. The molecule has 1 heterocycles. The summed E-state index contributed by atoms with van der Waals surface area (Å²) in [6, 6.07) is 14.1. The Kier molecular flexibility index (Phi) is 4.19. The molecule has 0 saturated carbocycles. The quantitative estimate of drug-likeness (QED) is 0.753. The van der Waals surface area contributed by atoms with E-state index in [-0.39, 0.29) is 0 Å². The van der Waals surface area contributed by atoms with Crippen molar-refractivity contribution < 1.29 is 0 Å². The van der Waals surface area contributed by atoms with Crippen LogP contribution in [0.4, 0.5) is 23.1 Å². The molecule has 2 aromatic carbocycles. The third-order valence-corrected chi connectivity index (χ3v) is 3.52. The number of aromatic nitrogens is 3. The molecule has 0 fully saturated rings. The van der Waals surface area contributed by atoms with E-state index in [0.717, 1.165) is 11.4 Å². The molecule has 5 heteroatoms. The summed E-state index contributed by atoms with van der Waals surface area (Å²) < 4.78 is 0. The normalized spacial score (nSPS) is 10.4. The van der Waals surface area contributed by atoms with Gasteiger partial charge in [0.1, 0.15) is 0 Å². The molecule has 0 aliphatic rings. The second-order valence-corrected chi connectivity index (χ2v) is 5.55. The van der Waals surface area contributed by atoms with E-state index in [4.69, 9.17) is 0 Å². The summed E-state index contributed by atoms with van der Waals surface area (Å²) in [4.78, 5) is 4.47. The maximum atomic E-state index is 4.47. The van der Waals surface area contributed by atoms with Crippen LogP contribution in [0.15, 0.2) is 48.7 Å². The van der Waals surface area contributed by atoms with E-state index in [1.165, 1.54) is 16.7 Å². The highest BCUT2D eigenvalue weighted by Crippen LogP contribution is 2.25. The minimum atomic E-state index is 0.462. The Labute approximate surface area is 135 Å². The van der Waals surface area contributed by atoms with Crippen molar-refractivity contribution >= 4 is 23.1 Å². The second kappa shape index (κ2) is 6.44. The number of hydrogen-bond acceptors (Lipinski definition) is 5. The number of rotatable bonds is 4. The lowest BCUT2D eigenvalue weighted by Gasteiger charge is -2.13. The molecule has 0 bridgehead atoms. The Hall–Kier alpha value is -2.95. The van der Waals surface area contributed by atoms with Crippen LogP contribution in [-0.4, -0.2) is 15.2 Å². The maximum absolute atomic E-state index is 4.47. The van der Waals surface area contributed by atoms with Gasteiger partial charge < -0.3 is 10.6 Å². The first-order chi connectivity index (χ1) is 11.1. The zero-order chi connectivity index (χ0) is 16.2. The Morgan fingerprint density at radius 3 is 2.26 bits per heavy atom. The maximum Gasteiger partial charge on any atom is 0.249 e. The molecule has 116 valence electrons. The van der Waals surface area contributed by atoms with E-state index in [2.05, 4.69) is 58.7 Å². The van der Waals surface area contributed by atoms with Gasteiger partial charge in [-0.1, -0.05) is 35.9 Å². The van der Waals surface area contributed by atoms with Crippen LogP contribution in [0.1, 0.15) is 16.7 Å². The fraction of sp³-hybridized carbons (Fsp3) is 0.167. The van der Waals surface area contributed by atoms with Crippen LogP contribution in [0.5, 0.6) is 0 Å². The molecular weight excluding hydrogens is 286 g/mol. The van der Waals surface area contributed by atoms with E-state index in [9.17, 15) is 0 Å². The molecular formula is C18H19N5. The van der Waals surface area contributed by atoms with Crippen LogP contribution in [0.25, 0.3) is 0 Å². The van der Waals surface area contributed by atoms with Crippen LogP contribution in [0, 0.1) is 20.8 Å². The smallest absolute Gasteiger partial charge is 0.249 e. The van der Waals surface area contributed by atoms with E-state index >= 15 is 0 Å². The van der Waals surface area contributed by atoms with Crippen molar-refractivity contribution in [1.29, 1.82) is 0 Å². The zero-order valence-electron chi connectivity index (χ0n) is 13.5. The average molecular weight is 305 g/mol. The predicted octanol–water partition coefficient (Wildman–Crippen LogP) is 4.28. The van der Waals surface area contributed by atoms with Gasteiger partial charge in [0.15, 0.2) is 5.82 Å². The summed E-state index contributed by atoms with van der Waals surface area (Å²) in [7, 11) is 0. The number of para-hydroxylation sites is 1. The molecule has 5 nitrogen and oxygen atoms in total. The number of hydrogen-bond donors (Lipinski definition) is 2. The molecule has 23 heavy (non-hydrogen) atoms. The van der Waals surface area contributed by atoms with Gasteiger partial charge in [0, 0.05) is 11.4 Å². The fourth-order valence-corrected chi connectivity index (χ4v) is 2.57. The summed E-state index contributed by atoms with van der Waals surface area (Å²) in [6.07, 6.45) is 1.62. The van der Waals surface area contributed by atoms with Crippen molar-refractivity contribution in [2.75, 3.05) is 10.6 Å². The third kappa shape index (κ3) is 3.63. The minimum Gasteiger partial charge on any atom is -0.338 e. The van der Waals surface area contributed by atoms with Crippen molar-refractivity contribution in [2.24, 2.45) is 0 Å². The zero-order valence-corrected chi connectivity index (χ0v) is 13.5. The van der Waals surface area contributed by atoms with Gasteiger partial charge in [0.2, 0.25) is 5.95 Å². The highest BCUT2D eigenvalue weighted by molar-refractivity contribution is 5.65. The van der Waals surface area contributed by atoms with Gasteiger partial charge in [-0.2, -0.15) is 10.1 Å². The van der Waals surface area contributed by atoms with Crippen LogP contribution in [-0.2, 0) is 0 Å². The van der Waals surface area contributed by atoms with Gasteiger partial charge >= 0.3 is 0 Å². The van der Waals surface area contributed by atoms with Crippen molar-refractivity contribution in [1.82, 2.24) is 15.2 Å². The van der Waals surface area contributed by atoms with E-state index in [1.54, 1.807) is 6.20 Å². The van der Waals surface area contributed by atoms with Crippen LogP contribution in [0.2, 0.25) is 0 Å². The van der Waals surface area contributed by atoms with E-state index in [0.29, 0.717) is 11.8 Å². The van der Waals surface area contributed by atoms with Gasteiger partial charge in [0.05, 0.1) is 6.20 Å². The topological polar surface area (TPSA) is 62.7 Å². The van der Waals surface area contributed by atoms with Crippen LogP contribution in [0.3, 0.4) is 0 Å². The molecule has 1 aromatic heterocycles. The number of nitrogens with one attached hydrogen (secondary N) is 2. The molecule has 2 N–H and O–H groups in total. The van der Waals surface area contributed by atoms with Gasteiger partial charge in [-0.3, -0.25) is 0 Å². The fourth-order valence-electron chi connectivity index (χ4n) is 2.57. The Balaban J connectivity index is 1.83. The molecule has 3 aromatic rings. The highest BCUT2D eigenvalue weighted by Gasteiger charge is 2.07. The monoisotopic (exact) mass is 305 g/mol. The minimum absolute atomic E-state index is 0.462. The van der Waals surface area contributed by atoms with Crippen molar-refractivity contribution in [3.05, 3.63) is 65.4 Å². The van der Waals surface area contributed by atoms with Gasteiger partial charge in [-0.15, -0.1) is 5.10 Å². The number of aryl methyl sites for hydroxylation is 3. The van der Waals surface area contributed by atoms with Gasteiger partial charge in [-0.25, -0.2) is 0 Å². The second-order valence-electron chi connectivity index (χ2n) is 5.55. The number of nitrogens with zero attached hydrogens (tertiary/aromatic N) is 3. The number of anilines is 4. The lowest BCUT2D eigenvalue weighted by Crippen LogP contribution is -2.04. The summed E-state index contributed by atoms with van der Waals surface area (Å²) in [6.45, 7) is 6.26. The van der Waals surface area contributed by atoms with E-state index in [1.807, 2.05) is 30.3 Å². The lowest BCUT2D eigenvalue weighted by molar-refractivity contribution is 0.982. The molecule has 0 aliphatic heterocycles.